The Balaban J connectivity index is 1.61. The van der Waals surface area contributed by atoms with Gasteiger partial charge in [0, 0.05) is 37.1 Å². The third kappa shape index (κ3) is 3.52. The van der Waals surface area contributed by atoms with Gasteiger partial charge in [0.1, 0.15) is 5.82 Å². The molecule has 5 nitrogen and oxygen atoms in total. The van der Waals surface area contributed by atoms with E-state index in [2.05, 4.69) is 22.9 Å². The lowest BCUT2D eigenvalue weighted by atomic mass is 9.98. The van der Waals surface area contributed by atoms with Gasteiger partial charge in [-0.15, -0.1) is 0 Å². The number of hydrogen-bond acceptors (Lipinski definition) is 4. The smallest absolute Gasteiger partial charge is 0.258 e. The van der Waals surface area contributed by atoms with E-state index in [1.165, 1.54) is 12.8 Å². The molecule has 1 unspecified atom stereocenters. The number of amides is 1. The van der Waals surface area contributed by atoms with E-state index in [9.17, 15) is 4.79 Å². The summed E-state index contributed by atoms with van der Waals surface area (Å²) in [5.41, 5.74) is 3.33. The minimum absolute atomic E-state index is 0.00867. The molecule has 1 fully saturated rings. The monoisotopic (exact) mass is 360 g/mol. The van der Waals surface area contributed by atoms with Gasteiger partial charge < -0.3 is 9.80 Å². The number of aryl methyl sites for hydroxylation is 1. The van der Waals surface area contributed by atoms with E-state index < -0.39 is 0 Å². The summed E-state index contributed by atoms with van der Waals surface area (Å²) >= 11 is 0. The van der Waals surface area contributed by atoms with Gasteiger partial charge in [-0.1, -0.05) is 6.92 Å². The molecule has 0 saturated carbocycles. The number of piperidine rings is 1. The first-order chi connectivity index (χ1) is 13.2. The van der Waals surface area contributed by atoms with Crippen molar-refractivity contribution in [2.24, 2.45) is 5.92 Å². The normalized spacial score (nSPS) is 19.3. The maximum atomic E-state index is 13.2. The van der Waals surface area contributed by atoms with Crippen LogP contribution >= 0.6 is 0 Å². The van der Waals surface area contributed by atoms with Gasteiger partial charge in [-0.3, -0.25) is 4.79 Å². The number of carbonyl (C=O) groups excluding carboxylic acids is 1. The van der Waals surface area contributed by atoms with Crippen LogP contribution in [0.4, 0.5) is 11.5 Å². The molecule has 4 rings (SSSR count). The van der Waals surface area contributed by atoms with E-state index in [0.29, 0.717) is 23.6 Å². The topological polar surface area (TPSA) is 60.2 Å². The molecule has 1 atom stereocenters. The Bertz CT molecular complexity index is 901. The van der Waals surface area contributed by atoms with Crippen molar-refractivity contribution in [2.75, 3.05) is 29.4 Å². The second-order valence-corrected chi connectivity index (χ2v) is 7.61. The van der Waals surface area contributed by atoms with Crippen molar-refractivity contribution >= 4 is 17.4 Å². The number of hydrogen-bond donors (Lipinski definition) is 0. The maximum Gasteiger partial charge on any atom is 0.258 e. The Morgan fingerprint density at radius 1 is 1.22 bits per heavy atom. The second kappa shape index (κ2) is 7.40. The SMILES string of the molecule is CC1CCCN(c2cc(C(=O)N3CCCc4cc(C#N)ccc43)ccn2)C1. The Morgan fingerprint density at radius 2 is 2.11 bits per heavy atom. The molecule has 5 heteroatoms. The molecule has 1 saturated heterocycles. The lowest BCUT2D eigenvalue weighted by Gasteiger charge is -2.32. The predicted octanol–water partition coefficient (Wildman–Crippen LogP) is 3.78. The zero-order valence-electron chi connectivity index (χ0n) is 15.7. The van der Waals surface area contributed by atoms with E-state index in [-0.39, 0.29) is 5.91 Å². The molecule has 3 heterocycles. The van der Waals surface area contributed by atoms with Crippen LogP contribution in [0.5, 0.6) is 0 Å². The van der Waals surface area contributed by atoms with E-state index in [0.717, 1.165) is 43.0 Å². The molecule has 1 aromatic heterocycles. The van der Waals surface area contributed by atoms with Gasteiger partial charge in [-0.05, 0) is 67.5 Å². The zero-order chi connectivity index (χ0) is 18.8. The molecule has 0 radical (unpaired) electrons. The van der Waals surface area contributed by atoms with Crippen LogP contribution in [-0.2, 0) is 6.42 Å². The van der Waals surface area contributed by atoms with Crippen molar-refractivity contribution in [3.63, 3.8) is 0 Å². The molecule has 2 aliphatic rings. The summed E-state index contributed by atoms with van der Waals surface area (Å²) in [6.07, 6.45) is 5.98. The molecule has 27 heavy (non-hydrogen) atoms. The average molecular weight is 360 g/mol. The molecule has 138 valence electrons. The first kappa shape index (κ1) is 17.5. The van der Waals surface area contributed by atoms with Gasteiger partial charge in [-0.25, -0.2) is 4.98 Å². The lowest BCUT2D eigenvalue weighted by molar-refractivity contribution is 0.0985. The van der Waals surface area contributed by atoms with Crippen molar-refractivity contribution < 1.29 is 4.79 Å². The van der Waals surface area contributed by atoms with Crippen molar-refractivity contribution in [3.8, 4) is 6.07 Å². The largest absolute Gasteiger partial charge is 0.356 e. The van der Waals surface area contributed by atoms with E-state index in [1.807, 2.05) is 23.1 Å². The minimum atomic E-state index is 0.00867. The standard InChI is InChI=1S/C22H24N4O/c1-16-4-2-10-25(15-16)21-13-19(8-9-24-21)22(27)26-11-3-5-18-12-17(14-23)6-7-20(18)26/h6-9,12-13,16H,2-5,10-11,15H2,1H3. The molecule has 2 aromatic rings. The fourth-order valence-corrected chi connectivity index (χ4v) is 4.16. The molecule has 0 bridgehead atoms. The first-order valence-corrected chi connectivity index (χ1v) is 9.71. The molecule has 1 aromatic carbocycles. The number of aromatic nitrogens is 1. The number of nitriles is 1. The third-order valence-corrected chi connectivity index (χ3v) is 5.55. The fraction of sp³-hybridized carbons (Fsp3) is 0.409. The summed E-state index contributed by atoms with van der Waals surface area (Å²) in [4.78, 5) is 21.9. The number of anilines is 2. The van der Waals surface area contributed by atoms with Crippen molar-refractivity contribution in [1.29, 1.82) is 5.26 Å². The molecule has 0 N–H and O–H groups in total. The molecule has 1 amide bonds. The Morgan fingerprint density at radius 3 is 2.93 bits per heavy atom. The van der Waals surface area contributed by atoms with Gasteiger partial charge >= 0.3 is 0 Å². The summed E-state index contributed by atoms with van der Waals surface area (Å²) in [7, 11) is 0. The number of benzene rings is 1. The summed E-state index contributed by atoms with van der Waals surface area (Å²) < 4.78 is 0. The van der Waals surface area contributed by atoms with Crippen LogP contribution in [-0.4, -0.2) is 30.5 Å². The van der Waals surface area contributed by atoms with E-state index in [4.69, 9.17) is 5.26 Å². The van der Waals surface area contributed by atoms with Gasteiger partial charge in [0.25, 0.3) is 5.91 Å². The summed E-state index contributed by atoms with van der Waals surface area (Å²) in [6, 6.07) is 11.5. The number of rotatable bonds is 2. The second-order valence-electron chi connectivity index (χ2n) is 7.61. The van der Waals surface area contributed by atoms with Gasteiger partial charge in [0.05, 0.1) is 11.6 Å². The molecular weight excluding hydrogens is 336 g/mol. The average Bonchev–Trinajstić information content (AvgIpc) is 2.72. The van der Waals surface area contributed by atoms with Crippen LogP contribution in [0.1, 0.15) is 47.7 Å². The van der Waals surface area contributed by atoms with Crippen molar-refractivity contribution in [2.45, 2.75) is 32.6 Å². The van der Waals surface area contributed by atoms with Gasteiger partial charge in [-0.2, -0.15) is 5.26 Å². The van der Waals surface area contributed by atoms with Crippen LogP contribution in [0.3, 0.4) is 0 Å². The Labute approximate surface area is 160 Å². The summed E-state index contributed by atoms with van der Waals surface area (Å²) in [6.45, 7) is 4.96. The van der Waals surface area contributed by atoms with Crippen LogP contribution in [0.25, 0.3) is 0 Å². The van der Waals surface area contributed by atoms with Crippen LogP contribution in [0, 0.1) is 17.2 Å². The highest BCUT2D eigenvalue weighted by Gasteiger charge is 2.25. The van der Waals surface area contributed by atoms with E-state index in [1.54, 1.807) is 18.3 Å². The Hall–Kier alpha value is -2.87. The number of fused-ring (bicyclic) bond motifs is 1. The van der Waals surface area contributed by atoms with Gasteiger partial charge in [0.2, 0.25) is 0 Å². The number of carbonyl (C=O) groups is 1. The molecular formula is C22H24N4O. The molecule has 0 spiro atoms. The van der Waals surface area contributed by atoms with E-state index >= 15 is 0 Å². The highest BCUT2D eigenvalue weighted by Crippen LogP contribution is 2.30. The highest BCUT2D eigenvalue weighted by molar-refractivity contribution is 6.07. The quantitative estimate of drug-likeness (QED) is 0.818. The maximum absolute atomic E-state index is 13.2. The van der Waals surface area contributed by atoms with Crippen LogP contribution < -0.4 is 9.80 Å². The summed E-state index contributed by atoms with van der Waals surface area (Å²) in [5.74, 6) is 1.56. The minimum Gasteiger partial charge on any atom is -0.356 e. The third-order valence-electron chi connectivity index (χ3n) is 5.55. The zero-order valence-corrected chi connectivity index (χ0v) is 15.7. The number of pyridine rings is 1. The summed E-state index contributed by atoms with van der Waals surface area (Å²) in [5, 5.41) is 9.12. The lowest BCUT2D eigenvalue weighted by Crippen LogP contribution is -2.37. The first-order valence-electron chi connectivity index (χ1n) is 9.71. The van der Waals surface area contributed by atoms with Crippen LogP contribution in [0.15, 0.2) is 36.5 Å². The number of nitrogens with zero attached hydrogens (tertiary/aromatic N) is 4. The van der Waals surface area contributed by atoms with Crippen molar-refractivity contribution in [1.82, 2.24) is 4.98 Å². The Kier molecular flexibility index (Phi) is 4.81. The van der Waals surface area contributed by atoms with Crippen molar-refractivity contribution in [3.05, 3.63) is 53.2 Å². The van der Waals surface area contributed by atoms with Crippen LogP contribution in [0.2, 0.25) is 0 Å². The fourth-order valence-electron chi connectivity index (χ4n) is 4.16. The van der Waals surface area contributed by atoms with Gasteiger partial charge in [0.15, 0.2) is 0 Å². The molecule has 2 aliphatic heterocycles. The molecule has 0 aliphatic carbocycles. The predicted molar refractivity (Wildman–Crippen MR) is 106 cm³/mol. The highest BCUT2D eigenvalue weighted by atomic mass is 16.2.